The molecular formula is C23H31N3O. The summed E-state index contributed by atoms with van der Waals surface area (Å²) in [5.74, 6) is 0.0743. The van der Waals surface area contributed by atoms with Gasteiger partial charge in [-0.15, -0.1) is 0 Å². The summed E-state index contributed by atoms with van der Waals surface area (Å²) < 4.78 is 0. The zero-order chi connectivity index (χ0) is 19.4. The van der Waals surface area contributed by atoms with E-state index in [1.165, 1.54) is 16.9 Å². The van der Waals surface area contributed by atoms with Gasteiger partial charge in [-0.05, 0) is 69.5 Å². The van der Waals surface area contributed by atoms with E-state index in [1.54, 1.807) is 0 Å². The zero-order valence-corrected chi connectivity index (χ0v) is 17.0. The summed E-state index contributed by atoms with van der Waals surface area (Å²) in [6, 6.07) is 15.2. The summed E-state index contributed by atoms with van der Waals surface area (Å²) in [5.41, 5.74) is 5.88. The molecule has 1 heterocycles. The Bertz CT molecular complexity index is 798. The first-order valence-corrected chi connectivity index (χ1v) is 10.0. The first-order chi connectivity index (χ1) is 13.0. The molecule has 0 aromatic heterocycles. The minimum atomic E-state index is 0.0743. The SMILES string of the molecule is CCN(CC)c1ccc(NC(=O)CCN2c3ccccc3CC2C)c(C)c1. The summed E-state index contributed by atoms with van der Waals surface area (Å²) in [5, 5.41) is 3.09. The predicted octanol–water partition coefficient (Wildman–Crippen LogP) is 4.62. The van der Waals surface area contributed by atoms with Crippen LogP contribution in [0.1, 0.15) is 38.3 Å². The van der Waals surface area contributed by atoms with Gasteiger partial charge in [-0.25, -0.2) is 0 Å². The Balaban J connectivity index is 1.60. The number of carbonyl (C=O) groups is 1. The summed E-state index contributed by atoms with van der Waals surface area (Å²) in [6.07, 6.45) is 1.56. The Morgan fingerprint density at radius 2 is 1.93 bits per heavy atom. The number of carbonyl (C=O) groups excluding carboxylic acids is 1. The quantitative estimate of drug-likeness (QED) is 0.777. The second-order valence-electron chi connectivity index (χ2n) is 7.34. The first kappa shape index (κ1) is 19.3. The number of anilines is 3. The van der Waals surface area contributed by atoms with Crippen molar-refractivity contribution in [2.75, 3.05) is 34.8 Å². The van der Waals surface area contributed by atoms with E-state index in [1.807, 2.05) is 6.07 Å². The van der Waals surface area contributed by atoms with Crippen LogP contribution in [0.25, 0.3) is 0 Å². The van der Waals surface area contributed by atoms with Crippen LogP contribution in [0, 0.1) is 6.92 Å². The van der Waals surface area contributed by atoms with Gasteiger partial charge in [0.15, 0.2) is 0 Å². The van der Waals surface area contributed by atoms with Gasteiger partial charge in [-0.3, -0.25) is 4.79 Å². The standard InChI is InChI=1S/C23H31N3O/c1-5-25(6-2)20-11-12-21(17(3)15-20)24-23(27)13-14-26-18(4)16-19-9-7-8-10-22(19)26/h7-12,15,18H,5-6,13-14,16H2,1-4H3,(H,24,27). The van der Waals surface area contributed by atoms with Crippen LogP contribution in [0.3, 0.4) is 0 Å². The molecule has 1 aliphatic rings. The van der Waals surface area contributed by atoms with Gasteiger partial charge in [0.2, 0.25) is 5.91 Å². The molecule has 0 radical (unpaired) electrons. The molecule has 0 saturated heterocycles. The maximum Gasteiger partial charge on any atom is 0.226 e. The lowest BCUT2D eigenvalue weighted by Crippen LogP contribution is -2.32. The smallest absolute Gasteiger partial charge is 0.226 e. The summed E-state index contributed by atoms with van der Waals surface area (Å²) in [6.45, 7) is 11.3. The topological polar surface area (TPSA) is 35.6 Å². The fourth-order valence-electron chi connectivity index (χ4n) is 3.98. The molecule has 2 aromatic rings. The highest BCUT2D eigenvalue weighted by Crippen LogP contribution is 2.31. The van der Waals surface area contributed by atoms with Crippen molar-refractivity contribution in [3.63, 3.8) is 0 Å². The van der Waals surface area contributed by atoms with E-state index in [2.05, 4.69) is 79.2 Å². The van der Waals surface area contributed by atoms with Crippen molar-refractivity contribution >= 4 is 23.0 Å². The molecular weight excluding hydrogens is 334 g/mol. The van der Waals surface area contributed by atoms with Crippen LogP contribution in [0.15, 0.2) is 42.5 Å². The van der Waals surface area contributed by atoms with Crippen molar-refractivity contribution in [1.82, 2.24) is 0 Å². The van der Waals surface area contributed by atoms with Gasteiger partial charge in [-0.2, -0.15) is 0 Å². The average Bonchev–Trinajstić information content (AvgIpc) is 2.98. The van der Waals surface area contributed by atoms with E-state index in [0.717, 1.165) is 37.3 Å². The monoisotopic (exact) mass is 365 g/mol. The molecule has 4 nitrogen and oxygen atoms in total. The number of nitrogens with one attached hydrogen (secondary N) is 1. The average molecular weight is 366 g/mol. The van der Waals surface area contributed by atoms with Gasteiger partial charge in [0.05, 0.1) is 0 Å². The molecule has 2 aromatic carbocycles. The first-order valence-electron chi connectivity index (χ1n) is 10.0. The Morgan fingerprint density at radius 1 is 1.19 bits per heavy atom. The summed E-state index contributed by atoms with van der Waals surface area (Å²) in [7, 11) is 0. The molecule has 1 atom stereocenters. The molecule has 0 saturated carbocycles. The number of benzene rings is 2. The number of amides is 1. The lowest BCUT2D eigenvalue weighted by atomic mass is 10.1. The van der Waals surface area contributed by atoms with Crippen molar-refractivity contribution in [3.05, 3.63) is 53.6 Å². The van der Waals surface area contributed by atoms with Crippen molar-refractivity contribution in [3.8, 4) is 0 Å². The molecule has 1 N–H and O–H groups in total. The molecule has 1 aliphatic heterocycles. The molecule has 1 unspecified atom stereocenters. The van der Waals surface area contributed by atoms with E-state index in [0.29, 0.717) is 12.5 Å². The highest BCUT2D eigenvalue weighted by Gasteiger charge is 2.25. The Kier molecular flexibility index (Phi) is 6.04. The van der Waals surface area contributed by atoms with Crippen LogP contribution >= 0.6 is 0 Å². The fraction of sp³-hybridized carbons (Fsp3) is 0.435. The largest absolute Gasteiger partial charge is 0.372 e. The summed E-state index contributed by atoms with van der Waals surface area (Å²) >= 11 is 0. The Morgan fingerprint density at radius 3 is 2.63 bits per heavy atom. The maximum absolute atomic E-state index is 12.5. The van der Waals surface area contributed by atoms with E-state index in [-0.39, 0.29) is 5.91 Å². The van der Waals surface area contributed by atoms with Gasteiger partial charge >= 0.3 is 0 Å². The third-order valence-corrected chi connectivity index (χ3v) is 5.54. The number of nitrogens with zero attached hydrogens (tertiary/aromatic N) is 2. The fourth-order valence-corrected chi connectivity index (χ4v) is 3.98. The minimum Gasteiger partial charge on any atom is -0.372 e. The van der Waals surface area contributed by atoms with Crippen LogP contribution in [0.5, 0.6) is 0 Å². The number of hydrogen-bond acceptors (Lipinski definition) is 3. The van der Waals surface area contributed by atoms with Gasteiger partial charge in [0, 0.05) is 49.2 Å². The molecule has 0 aliphatic carbocycles. The molecule has 1 amide bonds. The number of rotatable bonds is 7. The van der Waals surface area contributed by atoms with Crippen molar-refractivity contribution in [2.45, 2.75) is 46.6 Å². The maximum atomic E-state index is 12.5. The number of aryl methyl sites for hydroxylation is 1. The van der Waals surface area contributed by atoms with E-state index in [4.69, 9.17) is 0 Å². The van der Waals surface area contributed by atoms with E-state index < -0.39 is 0 Å². The van der Waals surface area contributed by atoms with E-state index in [9.17, 15) is 4.79 Å². The van der Waals surface area contributed by atoms with E-state index >= 15 is 0 Å². The van der Waals surface area contributed by atoms with Crippen LogP contribution in [-0.2, 0) is 11.2 Å². The molecule has 0 spiro atoms. The Hall–Kier alpha value is -2.49. The molecule has 4 heteroatoms. The predicted molar refractivity (Wildman–Crippen MR) is 115 cm³/mol. The number of para-hydroxylation sites is 1. The third-order valence-electron chi connectivity index (χ3n) is 5.54. The van der Waals surface area contributed by atoms with Crippen LogP contribution in [0.2, 0.25) is 0 Å². The van der Waals surface area contributed by atoms with Crippen LogP contribution in [-0.4, -0.2) is 31.6 Å². The van der Waals surface area contributed by atoms with Crippen molar-refractivity contribution < 1.29 is 4.79 Å². The molecule has 3 rings (SSSR count). The second kappa shape index (κ2) is 8.47. The van der Waals surface area contributed by atoms with Gasteiger partial charge in [0.1, 0.15) is 0 Å². The molecule has 144 valence electrons. The van der Waals surface area contributed by atoms with Gasteiger partial charge in [0.25, 0.3) is 0 Å². The lowest BCUT2D eigenvalue weighted by Gasteiger charge is -2.25. The minimum absolute atomic E-state index is 0.0743. The van der Waals surface area contributed by atoms with Gasteiger partial charge < -0.3 is 15.1 Å². The van der Waals surface area contributed by atoms with Crippen LogP contribution in [0.4, 0.5) is 17.1 Å². The molecule has 0 bridgehead atoms. The van der Waals surface area contributed by atoms with Gasteiger partial charge in [-0.1, -0.05) is 18.2 Å². The summed E-state index contributed by atoms with van der Waals surface area (Å²) in [4.78, 5) is 17.2. The number of fused-ring (bicyclic) bond motifs is 1. The highest BCUT2D eigenvalue weighted by atomic mass is 16.1. The zero-order valence-electron chi connectivity index (χ0n) is 17.0. The second-order valence-corrected chi connectivity index (χ2v) is 7.34. The third kappa shape index (κ3) is 4.26. The Labute approximate surface area is 163 Å². The number of hydrogen-bond donors (Lipinski definition) is 1. The molecule has 27 heavy (non-hydrogen) atoms. The van der Waals surface area contributed by atoms with Crippen molar-refractivity contribution in [1.29, 1.82) is 0 Å². The lowest BCUT2D eigenvalue weighted by molar-refractivity contribution is -0.116. The van der Waals surface area contributed by atoms with Crippen molar-refractivity contribution in [2.24, 2.45) is 0 Å². The van der Waals surface area contributed by atoms with Crippen LogP contribution < -0.4 is 15.1 Å². The normalized spacial score (nSPS) is 15.6. The molecule has 0 fully saturated rings. The highest BCUT2D eigenvalue weighted by molar-refractivity contribution is 5.92.